The summed E-state index contributed by atoms with van der Waals surface area (Å²) in [5, 5.41) is 1.25. The number of anilines is 1. The summed E-state index contributed by atoms with van der Waals surface area (Å²) in [5.41, 5.74) is 7.92. The van der Waals surface area contributed by atoms with Gasteiger partial charge in [0, 0.05) is 0 Å². The molecular weight excluding hydrogens is 269 g/mol. The van der Waals surface area contributed by atoms with E-state index in [1.807, 2.05) is 12.1 Å². The minimum absolute atomic E-state index is 0.850. The molecule has 0 spiro atoms. The van der Waals surface area contributed by atoms with Crippen LogP contribution in [0.2, 0.25) is 5.21 Å². The van der Waals surface area contributed by atoms with E-state index >= 15 is 0 Å². The molecule has 0 saturated heterocycles. The Hall–Kier alpha value is -1.20. The fourth-order valence-electron chi connectivity index (χ4n) is 1.89. The molecule has 2 rings (SSSR count). The van der Waals surface area contributed by atoms with Crippen LogP contribution in [-0.4, -0.2) is 14.7 Å². The average Bonchev–Trinajstić information content (AvgIpc) is 2.35. The van der Waals surface area contributed by atoms with Crippen LogP contribution in [-0.2, 0) is 0 Å². The summed E-state index contributed by atoms with van der Waals surface area (Å²) in [6.45, 7) is 4.42. The van der Waals surface area contributed by atoms with Gasteiger partial charge in [-0.1, -0.05) is 0 Å². The normalized spacial score (nSPS) is 12.4. The summed E-state index contributed by atoms with van der Waals surface area (Å²) in [7, 11) is 0. The molecule has 0 bridgehead atoms. The first-order chi connectivity index (χ1) is 8.20. The van der Waals surface area contributed by atoms with Crippen LogP contribution in [0.25, 0.3) is 0 Å². The van der Waals surface area contributed by atoms with Crippen LogP contribution in [0.15, 0.2) is 48.5 Å². The summed E-state index contributed by atoms with van der Waals surface area (Å²) in [4.78, 5) is 0. The van der Waals surface area contributed by atoms with Crippen molar-refractivity contribution in [1.29, 1.82) is 0 Å². The van der Waals surface area contributed by atoms with Crippen LogP contribution in [0.1, 0.15) is 12.5 Å². The zero-order valence-corrected chi connectivity index (χ0v) is 12.2. The monoisotopic (exact) mass is 287 g/mol. The molecule has 0 aromatic heterocycles. The summed E-state index contributed by atoms with van der Waals surface area (Å²) in [6, 6.07) is 17.4. The van der Waals surface area contributed by atoms with E-state index in [0.29, 0.717) is 0 Å². The summed E-state index contributed by atoms with van der Waals surface area (Å²) in [6.07, 6.45) is 0. The van der Waals surface area contributed by atoms with E-state index in [2.05, 4.69) is 50.2 Å². The van der Waals surface area contributed by atoms with E-state index in [0.717, 1.165) is 5.69 Å². The number of benzene rings is 2. The zero-order valence-electron chi connectivity index (χ0n) is 10.4. The molecule has 0 heterocycles. The van der Waals surface area contributed by atoms with E-state index in [4.69, 9.17) is 5.73 Å². The second kappa shape index (κ2) is 5.42. The van der Waals surface area contributed by atoms with Gasteiger partial charge in [0.1, 0.15) is 0 Å². The first-order valence-electron chi connectivity index (χ1n) is 5.90. The third kappa shape index (κ3) is 2.92. The Morgan fingerprint density at radius 1 is 0.882 bits per heavy atom. The molecule has 2 aromatic carbocycles. The molecule has 2 N–H and O–H groups in total. The molecular formula is C15H18AsN. The van der Waals surface area contributed by atoms with Crippen LogP contribution < -0.4 is 14.4 Å². The average molecular weight is 287 g/mol. The number of rotatable bonds is 3. The van der Waals surface area contributed by atoms with E-state index in [1.54, 1.807) is 0 Å². The number of nitrogen functional groups attached to an aromatic ring is 1. The first-order valence-corrected chi connectivity index (χ1v) is 9.11. The summed E-state index contributed by atoms with van der Waals surface area (Å²) < 4.78 is 3.01. The predicted octanol–water partition coefficient (Wildman–Crippen LogP) is 2.21. The van der Waals surface area contributed by atoms with Crippen LogP contribution in [0, 0.1) is 6.92 Å². The van der Waals surface area contributed by atoms with E-state index in [9.17, 15) is 0 Å². The van der Waals surface area contributed by atoms with Crippen molar-refractivity contribution in [2.24, 2.45) is 0 Å². The van der Waals surface area contributed by atoms with Crippen LogP contribution in [0.3, 0.4) is 0 Å². The Labute approximate surface area is 108 Å². The van der Waals surface area contributed by atoms with Crippen molar-refractivity contribution in [1.82, 2.24) is 0 Å². The standard InChI is InChI=1S/C15H18AsN/c1-3-16(13-6-4-12(2)5-7-13)14-8-10-15(17)11-9-14/h4-11H,3,17H2,1-2H3. The molecule has 0 amide bonds. The van der Waals surface area contributed by atoms with Crippen molar-refractivity contribution < 1.29 is 0 Å². The van der Waals surface area contributed by atoms with Gasteiger partial charge in [0.2, 0.25) is 0 Å². The Morgan fingerprint density at radius 2 is 1.35 bits per heavy atom. The van der Waals surface area contributed by atoms with Crippen molar-refractivity contribution in [3.63, 3.8) is 0 Å². The van der Waals surface area contributed by atoms with Crippen molar-refractivity contribution in [3.05, 3.63) is 54.1 Å². The van der Waals surface area contributed by atoms with Crippen LogP contribution in [0.5, 0.6) is 0 Å². The SMILES string of the molecule is CC[As](c1ccc(C)cc1)c1ccc(N)cc1. The molecule has 0 saturated carbocycles. The number of hydrogen-bond donors (Lipinski definition) is 1. The van der Waals surface area contributed by atoms with Crippen molar-refractivity contribution in [2.75, 3.05) is 5.73 Å². The van der Waals surface area contributed by atoms with Gasteiger partial charge in [-0.15, -0.1) is 0 Å². The number of aryl methyl sites for hydroxylation is 1. The molecule has 88 valence electrons. The minimum atomic E-state index is -1.10. The molecule has 0 aliphatic rings. The zero-order chi connectivity index (χ0) is 12.3. The molecule has 1 unspecified atom stereocenters. The third-order valence-electron chi connectivity index (χ3n) is 2.87. The topological polar surface area (TPSA) is 26.0 Å². The molecule has 1 nitrogen and oxygen atoms in total. The third-order valence-corrected chi connectivity index (χ3v) is 8.06. The number of hydrogen-bond acceptors (Lipinski definition) is 1. The van der Waals surface area contributed by atoms with E-state index < -0.39 is 14.7 Å². The second-order valence-corrected chi connectivity index (χ2v) is 9.46. The van der Waals surface area contributed by atoms with Crippen molar-refractivity contribution in [2.45, 2.75) is 19.1 Å². The van der Waals surface area contributed by atoms with Gasteiger partial charge in [0.05, 0.1) is 0 Å². The summed E-state index contributed by atoms with van der Waals surface area (Å²) in [5.74, 6) is 0. The molecule has 2 aromatic rings. The molecule has 0 aliphatic carbocycles. The van der Waals surface area contributed by atoms with Gasteiger partial charge in [-0.05, 0) is 0 Å². The van der Waals surface area contributed by atoms with E-state index in [1.165, 1.54) is 19.5 Å². The van der Waals surface area contributed by atoms with Crippen molar-refractivity contribution in [3.8, 4) is 0 Å². The molecule has 0 aliphatic heterocycles. The Morgan fingerprint density at radius 3 is 1.82 bits per heavy atom. The Kier molecular flexibility index (Phi) is 3.91. The fraction of sp³-hybridized carbons (Fsp3) is 0.200. The van der Waals surface area contributed by atoms with Gasteiger partial charge in [0.15, 0.2) is 0 Å². The fourth-order valence-corrected chi connectivity index (χ4v) is 6.19. The molecule has 0 fully saturated rings. The first kappa shape index (κ1) is 12.3. The Bertz CT molecular complexity index is 428. The maximum atomic E-state index is 5.74. The van der Waals surface area contributed by atoms with Gasteiger partial charge in [-0.25, -0.2) is 0 Å². The van der Waals surface area contributed by atoms with Crippen molar-refractivity contribution >= 4 is 29.0 Å². The van der Waals surface area contributed by atoms with Crippen LogP contribution >= 0.6 is 0 Å². The molecule has 17 heavy (non-hydrogen) atoms. The van der Waals surface area contributed by atoms with Gasteiger partial charge >= 0.3 is 108 Å². The second-order valence-electron chi connectivity index (χ2n) is 4.17. The van der Waals surface area contributed by atoms with Gasteiger partial charge < -0.3 is 0 Å². The predicted molar refractivity (Wildman–Crippen MR) is 77.5 cm³/mol. The maximum absolute atomic E-state index is 5.74. The van der Waals surface area contributed by atoms with Gasteiger partial charge in [-0.3, -0.25) is 0 Å². The quantitative estimate of drug-likeness (QED) is 0.680. The van der Waals surface area contributed by atoms with E-state index in [-0.39, 0.29) is 0 Å². The number of nitrogens with two attached hydrogens (primary N) is 1. The summed E-state index contributed by atoms with van der Waals surface area (Å²) >= 11 is -1.10. The molecule has 2 heteroatoms. The molecule has 0 radical (unpaired) electrons. The van der Waals surface area contributed by atoms with Gasteiger partial charge in [-0.2, -0.15) is 0 Å². The Balaban J connectivity index is 2.33. The van der Waals surface area contributed by atoms with Gasteiger partial charge in [0.25, 0.3) is 0 Å². The molecule has 1 atom stereocenters. The van der Waals surface area contributed by atoms with Crippen LogP contribution in [0.4, 0.5) is 5.69 Å².